The summed E-state index contributed by atoms with van der Waals surface area (Å²) < 4.78 is 8.49. The highest BCUT2D eigenvalue weighted by atomic mass is 35.5. The summed E-state index contributed by atoms with van der Waals surface area (Å²) in [5.41, 5.74) is 8.23. The van der Waals surface area contributed by atoms with Crippen LogP contribution in [0.4, 0.5) is 11.5 Å². The Morgan fingerprint density at radius 2 is 1.79 bits per heavy atom. The van der Waals surface area contributed by atoms with E-state index in [0.717, 1.165) is 4.88 Å². The van der Waals surface area contributed by atoms with Crippen LogP contribution >= 0.6 is 22.9 Å². The lowest BCUT2D eigenvalue weighted by Crippen LogP contribution is -2.25. The van der Waals surface area contributed by atoms with Crippen LogP contribution < -0.4 is 16.6 Å². The molecule has 0 amide bonds. The molecular formula is C31H23ClN6O4S. The summed E-state index contributed by atoms with van der Waals surface area (Å²) in [5, 5.41) is 7.87. The normalized spacial score (nSPS) is 11.0. The topological polar surface area (TPSA) is 138 Å². The average molecular weight is 611 g/mol. The Kier molecular flexibility index (Phi) is 7.73. The predicted octanol–water partition coefficient (Wildman–Crippen LogP) is 5.85. The van der Waals surface area contributed by atoms with E-state index in [1.165, 1.54) is 32.9 Å². The number of halogens is 1. The van der Waals surface area contributed by atoms with Gasteiger partial charge in [0.05, 0.1) is 40.6 Å². The van der Waals surface area contributed by atoms with Crippen molar-refractivity contribution in [1.29, 1.82) is 0 Å². The van der Waals surface area contributed by atoms with Gasteiger partial charge in [0.15, 0.2) is 5.76 Å². The van der Waals surface area contributed by atoms with Gasteiger partial charge in [-0.15, -0.1) is 11.3 Å². The van der Waals surface area contributed by atoms with E-state index in [1.54, 1.807) is 79.1 Å². The molecular weight excluding hydrogens is 588 g/mol. The fraction of sp³-hybridized carbons (Fsp3) is 0.0645. The van der Waals surface area contributed by atoms with E-state index in [9.17, 15) is 14.4 Å². The molecule has 0 saturated heterocycles. The third kappa shape index (κ3) is 5.89. The Labute approximate surface area is 254 Å². The molecule has 12 heteroatoms. The molecule has 0 aliphatic rings. The molecule has 0 aliphatic carbocycles. The third-order valence-electron chi connectivity index (χ3n) is 6.66. The van der Waals surface area contributed by atoms with Crippen LogP contribution in [-0.4, -0.2) is 31.0 Å². The smallest absolute Gasteiger partial charge is 0.282 e. The van der Waals surface area contributed by atoms with Gasteiger partial charge in [-0.25, -0.2) is 0 Å². The second kappa shape index (κ2) is 11.9. The van der Waals surface area contributed by atoms with Gasteiger partial charge in [0, 0.05) is 46.2 Å². The summed E-state index contributed by atoms with van der Waals surface area (Å²) in [4.78, 5) is 45.1. The van der Waals surface area contributed by atoms with Crippen LogP contribution in [0, 0.1) is 0 Å². The molecule has 5 heterocycles. The standard InChI is InChI=1S/C31H23ClN6O4S/c32-28-8-7-21(43-28)17-35-29-16-24(36-38(29)31(41)22-4-1-2-5-23(22)33)20-14-25(19-9-11-34-12-10-19)37(30(40)15-20)18-26(39)27-6-3-13-42-27/h1-16,35H,17-18,33H2. The number of nitrogen functional groups attached to an aromatic ring is 1. The number of aromatic nitrogens is 4. The molecule has 0 atom stereocenters. The molecule has 0 spiro atoms. The maximum Gasteiger partial charge on any atom is 0.282 e. The van der Waals surface area contributed by atoms with Gasteiger partial charge in [-0.05, 0) is 54.6 Å². The molecule has 0 saturated carbocycles. The zero-order chi connectivity index (χ0) is 29.9. The van der Waals surface area contributed by atoms with Crippen molar-refractivity contribution < 1.29 is 14.0 Å². The lowest BCUT2D eigenvalue weighted by atomic mass is 10.1. The van der Waals surface area contributed by atoms with Gasteiger partial charge < -0.3 is 20.0 Å². The number of furan rings is 1. The number of ketones is 1. The van der Waals surface area contributed by atoms with Gasteiger partial charge in [0.1, 0.15) is 5.82 Å². The number of hydrogen-bond donors (Lipinski definition) is 2. The van der Waals surface area contributed by atoms with Crippen LogP contribution in [-0.2, 0) is 13.1 Å². The number of benzene rings is 1. The lowest BCUT2D eigenvalue weighted by molar-refractivity contribution is 0.0938. The molecule has 0 unspecified atom stereocenters. The number of hydrogen-bond acceptors (Lipinski definition) is 9. The van der Waals surface area contributed by atoms with Crippen molar-refractivity contribution in [3.63, 3.8) is 0 Å². The van der Waals surface area contributed by atoms with E-state index in [4.69, 9.17) is 21.8 Å². The number of carbonyl (C=O) groups is 2. The first kappa shape index (κ1) is 27.9. The number of pyridine rings is 2. The van der Waals surface area contributed by atoms with E-state index in [2.05, 4.69) is 15.4 Å². The van der Waals surface area contributed by atoms with E-state index in [1.807, 2.05) is 6.07 Å². The van der Waals surface area contributed by atoms with Crippen molar-refractivity contribution in [2.24, 2.45) is 0 Å². The number of rotatable bonds is 9. The van der Waals surface area contributed by atoms with Gasteiger partial charge in [0.25, 0.3) is 11.5 Å². The van der Waals surface area contributed by atoms with Crippen LogP contribution in [0.1, 0.15) is 25.8 Å². The van der Waals surface area contributed by atoms with E-state index >= 15 is 0 Å². The number of para-hydroxylation sites is 1. The van der Waals surface area contributed by atoms with Crippen LogP contribution in [0.25, 0.3) is 22.5 Å². The van der Waals surface area contributed by atoms with Crippen molar-refractivity contribution in [2.45, 2.75) is 13.1 Å². The highest BCUT2D eigenvalue weighted by Crippen LogP contribution is 2.29. The zero-order valence-electron chi connectivity index (χ0n) is 22.4. The molecule has 0 fully saturated rings. The van der Waals surface area contributed by atoms with Crippen molar-refractivity contribution in [1.82, 2.24) is 19.3 Å². The number of nitrogens with two attached hydrogens (primary N) is 1. The summed E-state index contributed by atoms with van der Waals surface area (Å²) in [6, 6.07) is 21.9. The van der Waals surface area contributed by atoms with Crippen LogP contribution in [0.5, 0.6) is 0 Å². The molecule has 1 aromatic carbocycles. The first-order valence-corrected chi connectivity index (χ1v) is 14.3. The summed E-state index contributed by atoms with van der Waals surface area (Å²) in [7, 11) is 0. The second-order valence-corrected chi connectivity index (χ2v) is 11.3. The fourth-order valence-electron chi connectivity index (χ4n) is 4.56. The second-order valence-electron chi connectivity index (χ2n) is 9.47. The van der Waals surface area contributed by atoms with Gasteiger partial charge in [0.2, 0.25) is 5.78 Å². The number of anilines is 2. The Hall–Kier alpha value is -5.26. The predicted molar refractivity (Wildman–Crippen MR) is 165 cm³/mol. The average Bonchev–Trinajstić information content (AvgIpc) is 3.79. The van der Waals surface area contributed by atoms with Gasteiger partial charge >= 0.3 is 0 Å². The van der Waals surface area contributed by atoms with Crippen molar-refractivity contribution in [3.8, 4) is 22.5 Å². The van der Waals surface area contributed by atoms with E-state index in [-0.39, 0.29) is 23.7 Å². The zero-order valence-corrected chi connectivity index (χ0v) is 24.0. The number of thiophene rings is 1. The molecule has 43 heavy (non-hydrogen) atoms. The highest BCUT2D eigenvalue weighted by Gasteiger charge is 2.21. The fourth-order valence-corrected chi connectivity index (χ4v) is 5.59. The van der Waals surface area contributed by atoms with Crippen molar-refractivity contribution in [2.75, 3.05) is 11.1 Å². The Morgan fingerprint density at radius 1 is 0.977 bits per heavy atom. The molecule has 5 aromatic heterocycles. The molecule has 10 nitrogen and oxygen atoms in total. The molecule has 0 bridgehead atoms. The summed E-state index contributed by atoms with van der Waals surface area (Å²) >= 11 is 7.52. The minimum absolute atomic E-state index is 0.150. The molecule has 214 valence electrons. The molecule has 6 aromatic rings. The number of Topliss-reactive ketones (excluding diaryl/α,β-unsaturated/α-hetero) is 1. The largest absolute Gasteiger partial charge is 0.461 e. The maximum absolute atomic E-state index is 13.6. The van der Waals surface area contributed by atoms with Crippen LogP contribution in [0.2, 0.25) is 4.34 Å². The first-order valence-electron chi connectivity index (χ1n) is 13.1. The quantitative estimate of drug-likeness (QED) is 0.154. The van der Waals surface area contributed by atoms with Crippen LogP contribution in [0.3, 0.4) is 0 Å². The summed E-state index contributed by atoms with van der Waals surface area (Å²) in [5.74, 6) is -0.249. The molecule has 6 rings (SSSR count). The third-order valence-corrected chi connectivity index (χ3v) is 7.89. The van der Waals surface area contributed by atoms with E-state index < -0.39 is 11.5 Å². The van der Waals surface area contributed by atoms with E-state index in [0.29, 0.717) is 44.9 Å². The monoisotopic (exact) mass is 610 g/mol. The van der Waals surface area contributed by atoms with Gasteiger partial charge in [-0.3, -0.25) is 19.4 Å². The highest BCUT2D eigenvalue weighted by molar-refractivity contribution is 7.16. The molecule has 3 N–H and O–H groups in total. The minimum atomic E-state index is -0.442. The number of nitrogens with one attached hydrogen (secondary N) is 1. The minimum Gasteiger partial charge on any atom is -0.461 e. The van der Waals surface area contributed by atoms with Gasteiger partial charge in [-0.1, -0.05) is 23.7 Å². The Balaban J connectivity index is 1.44. The van der Waals surface area contributed by atoms with Crippen molar-refractivity contribution >= 4 is 46.1 Å². The summed E-state index contributed by atoms with van der Waals surface area (Å²) in [6.45, 7) is 0.152. The Bertz CT molecular complexity index is 2000. The molecule has 0 aliphatic heterocycles. The number of nitrogens with zero attached hydrogens (tertiary/aromatic N) is 4. The lowest BCUT2D eigenvalue weighted by Gasteiger charge is -2.13. The maximum atomic E-state index is 13.6. The number of carbonyl (C=O) groups excluding carboxylic acids is 2. The van der Waals surface area contributed by atoms with Crippen molar-refractivity contribution in [3.05, 3.63) is 128 Å². The van der Waals surface area contributed by atoms with Crippen LogP contribution in [0.15, 0.2) is 107 Å². The van der Waals surface area contributed by atoms with Gasteiger partial charge in [-0.2, -0.15) is 9.78 Å². The molecule has 0 radical (unpaired) electrons. The summed E-state index contributed by atoms with van der Waals surface area (Å²) in [6.07, 6.45) is 4.60. The SMILES string of the molecule is Nc1ccccc1C(=O)n1nc(-c2cc(-c3ccncc3)n(CC(=O)c3ccco3)c(=O)c2)cc1NCc1ccc(Cl)s1. The first-order chi connectivity index (χ1) is 20.9. The Morgan fingerprint density at radius 3 is 2.51 bits per heavy atom.